The first-order valence-electron chi connectivity index (χ1n) is 7.67. The molecule has 22 heavy (non-hydrogen) atoms. The van der Waals surface area contributed by atoms with E-state index in [4.69, 9.17) is 0 Å². The zero-order chi connectivity index (χ0) is 15.5. The summed E-state index contributed by atoms with van der Waals surface area (Å²) in [7, 11) is 0. The van der Waals surface area contributed by atoms with E-state index in [2.05, 4.69) is 10.3 Å². The summed E-state index contributed by atoms with van der Waals surface area (Å²) in [5, 5.41) is 3.53. The van der Waals surface area contributed by atoms with Crippen molar-refractivity contribution in [1.29, 1.82) is 0 Å². The van der Waals surface area contributed by atoms with Crippen molar-refractivity contribution in [3.05, 3.63) is 40.0 Å². The number of hydrogen-bond donors (Lipinski definition) is 1. The van der Waals surface area contributed by atoms with Gasteiger partial charge in [-0.15, -0.1) is 0 Å². The van der Waals surface area contributed by atoms with E-state index in [1.807, 2.05) is 0 Å². The molecule has 1 saturated carbocycles. The maximum Gasteiger partial charge on any atom is 0.264 e. The first-order chi connectivity index (χ1) is 10.6. The summed E-state index contributed by atoms with van der Waals surface area (Å²) in [6.45, 7) is 1.72. The average Bonchev–Trinajstić information content (AvgIpc) is 2.84. The molecule has 5 heteroatoms. The summed E-state index contributed by atoms with van der Waals surface area (Å²) in [4.78, 5) is 17.3. The van der Waals surface area contributed by atoms with Gasteiger partial charge in [-0.2, -0.15) is 0 Å². The van der Waals surface area contributed by atoms with Gasteiger partial charge in [0.15, 0.2) is 5.17 Å². The highest BCUT2D eigenvalue weighted by Crippen LogP contribution is 2.28. The minimum absolute atomic E-state index is 0.124. The number of benzene rings is 1. The Morgan fingerprint density at radius 1 is 1.32 bits per heavy atom. The fourth-order valence-electron chi connectivity index (χ4n) is 2.77. The topological polar surface area (TPSA) is 41.5 Å². The third kappa shape index (κ3) is 3.58. The van der Waals surface area contributed by atoms with E-state index in [9.17, 15) is 9.18 Å². The molecule has 1 amide bonds. The van der Waals surface area contributed by atoms with Crippen LogP contribution in [0, 0.1) is 12.7 Å². The number of thioether (sulfide) groups is 1. The maximum absolute atomic E-state index is 13.3. The zero-order valence-corrected chi connectivity index (χ0v) is 13.4. The molecule has 1 aliphatic carbocycles. The van der Waals surface area contributed by atoms with Gasteiger partial charge in [-0.1, -0.05) is 25.3 Å². The van der Waals surface area contributed by atoms with E-state index in [0.717, 1.165) is 18.4 Å². The Kier molecular flexibility index (Phi) is 4.62. The molecular weight excluding hydrogens is 299 g/mol. The number of amides is 1. The number of halogens is 1. The Morgan fingerprint density at radius 2 is 2.09 bits per heavy atom. The Labute approximate surface area is 134 Å². The lowest BCUT2D eigenvalue weighted by molar-refractivity contribution is -0.115. The second-order valence-corrected chi connectivity index (χ2v) is 6.83. The highest BCUT2D eigenvalue weighted by molar-refractivity contribution is 8.18. The summed E-state index contributed by atoms with van der Waals surface area (Å²) in [5.74, 6) is -0.355. The van der Waals surface area contributed by atoms with Crippen molar-refractivity contribution in [2.24, 2.45) is 4.99 Å². The van der Waals surface area contributed by atoms with Gasteiger partial charge >= 0.3 is 0 Å². The van der Waals surface area contributed by atoms with Gasteiger partial charge in [0.05, 0.1) is 10.9 Å². The SMILES string of the molecule is Cc1cc(C=C2SC(=NC3CCCCC3)NC2=O)ccc1F. The molecule has 116 valence electrons. The highest BCUT2D eigenvalue weighted by Gasteiger charge is 2.25. The van der Waals surface area contributed by atoms with E-state index in [1.165, 1.54) is 37.1 Å². The number of rotatable bonds is 2. The number of carbonyl (C=O) groups excluding carboxylic acids is 1. The van der Waals surface area contributed by atoms with Crippen LogP contribution in [0.5, 0.6) is 0 Å². The molecule has 1 heterocycles. The number of aliphatic imine (C=N–C) groups is 1. The van der Waals surface area contributed by atoms with Crippen LogP contribution >= 0.6 is 11.8 Å². The first kappa shape index (κ1) is 15.3. The van der Waals surface area contributed by atoms with Crippen molar-refractivity contribution in [1.82, 2.24) is 5.32 Å². The molecule has 0 aromatic heterocycles. The number of nitrogens with one attached hydrogen (secondary N) is 1. The molecule has 1 saturated heterocycles. The minimum atomic E-state index is -0.231. The smallest absolute Gasteiger partial charge is 0.264 e. The normalized spacial score (nSPS) is 23.3. The fraction of sp³-hybridized carbons (Fsp3) is 0.412. The van der Waals surface area contributed by atoms with E-state index in [-0.39, 0.29) is 11.7 Å². The predicted octanol–water partition coefficient (Wildman–Crippen LogP) is 4.03. The number of nitrogens with zero attached hydrogens (tertiary/aromatic N) is 1. The minimum Gasteiger partial charge on any atom is -0.301 e. The monoisotopic (exact) mass is 318 g/mol. The number of hydrogen-bond acceptors (Lipinski definition) is 3. The van der Waals surface area contributed by atoms with Crippen molar-refractivity contribution in [3.63, 3.8) is 0 Å². The molecule has 3 rings (SSSR count). The lowest BCUT2D eigenvalue weighted by Crippen LogP contribution is -2.22. The maximum atomic E-state index is 13.3. The summed E-state index contributed by atoms with van der Waals surface area (Å²) < 4.78 is 13.3. The van der Waals surface area contributed by atoms with Gasteiger partial charge < -0.3 is 5.32 Å². The average molecular weight is 318 g/mol. The molecule has 1 aliphatic heterocycles. The van der Waals surface area contributed by atoms with Gasteiger partial charge in [-0.3, -0.25) is 9.79 Å². The molecule has 0 atom stereocenters. The first-order valence-corrected chi connectivity index (χ1v) is 8.48. The number of amidine groups is 1. The fourth-order valence-corrected chi connectivity index (χ4v) is 3.67. The lowest BCUT2D eigenvalue weighted by atomic mass is 9.96. The standard InChI is InChI=1S/C17H19FN2OS/c1-11-9-12(7-8-14(11)18)10-15-16(21)20-17(22-15)19-13-5-3-2-4-6-13/h7-10,13H,2-6H2,1H3,(H,19,20,21). The van der Waals surface area contributed by atoms with Crippen LogP contribution in [0.15, 0.2) is 28.1 Å². The van der Waals surface area contributed by atoms with Crippen LogP contribution < -0.4 is 5.32 Å². The van der Waals surface area contributed by atoms with E-state index >= 15 is 0 Å². The van der Waals surface area contributed by atoms with Crippen LogP contribution in [0.4, 0.5) is 4.39 Å². The van der Waals surface area contributed by atoms with Crippen LogP contribution in [0.2, 0.25) is 0 Å². The Bertz CT molecular complexity index is 648. The quantitative estimate of drug-likeness (QED) is 0.837. The van der Waals surface area contributed by atoms with Crippen LogP contribution in [0.1, 0.15) is 43.2 Å². The largest absolute Gasteiger partial charge is 0.301 e. The van der Waals surface area contributed by atoms with Gasteiger partial charge in [0.25, 0.3) is 5.91 Å². The van der Waals surface area contributed by atoms with Crippen molar-refractivity contribution >= 4 is 28.9 Å². The molecule has 2 aliphatic rings. The summed E-state index contributed by atoms with van der Waals surface area (Å²) in [5.41, 5.74) is 1.41. The molecule has 1 aromatic carbocycles. The van der Waals surface area contributed by atoms with E-state index in [1.54, 1.807) is 25.1 Å². The van der Waals surface area contributed by atoms with Gasteiger partial charge in [-0.05, 0) is 60.9 Å². The van der Waals surface area contributed by atoms with Gasteiger partial charge in [0.2, 0.25) is 0 Å². The summed E-state index contributed by atoms with van der Waals surface area (Å²) in [6.07, 6.45) is 7.73. The van der Waals surface area contributed by atoms with Crippen molar-refractivity contribution in [2.75, 3.05) is 0 Å². The number of aryl methyl sites for hydroxylation is 1. The van der Waals surface area contributed by atoms with Gasteiger partial charge in [-0.25, -0.2) is 4.39 Å². The third-order valence-electron chi connectivity index (χ3n) is 4.01. The second kappa shape index (κ2) is 6.65. The van der Waals surface area contributed by atoms with Gasteiger partial charge in [0, 0.05) is 0 Å². The second-order valence-electron chi connectivity index (χ2n) is 5.80. The summed E-state index contributed by atoms with van der Waals surface area (Å²) >= 11 is 1.37. The third-order valence-corrected chi connectivity index (χ3v) is 4.93. The van der Waals surface area contributed by atoms with Gasteiger partial charge in [0.1, 0.15) is 5.82 Å². The molecular formula is C17H19FN2OS. The zero-order valence-electron chi connectivity index (χ0n) is 12.6. The number of carbonyl (C=O) groups is 1. The van der Waals surface area contributed by atoms with Crippen LogP contribution in [-0.2, 0) is 4.79 Å². The Morgan fingerprint density at radius 3 is 2.82 bits per heavy atom. The van der Waals surface area contributed by atoms with E-state index in [0.29, 0.717) is 21.7 Å². The van der Waals surface area contributed by atoms with Crippen LogP contribution in [0.3, 0.4) is 0 Å². The van der Waals surface area contributed by atoms with Crippen molar-refractivity contribution in [2.45, 2.75) is 45.1 Å². The van der Waals surface area contributed by atoms with Crippen LogP contribution in [0.25, 0.3) is 6.08 Å². The molecule has 1 N–H and O–H groups in total. The molecule has 1 aromatic rings. The predicted molar refractivity (Wildman–Crippen MR) is 89.2 cm³/mol. The molecule has 0 spiro atoms. The lowest BCUT2D eigenvalue weighted by Gasteiger charge is -2.17. The highest BCUT2D eigenvalue weighted by atomic mass is 32.2. The van der Waals surface area contributed by atoms with E-state index < -0.39 is 0 Å². The molecule has 2 fully saturated rings. The van der Waals surface area contributed by atoms with Crippen molar-refractivity contribution in [3.8, 4) is 0 Å². The Balaban J connectivity index is 1.74. The molecule has 3 nitrogen and oxygen atoms in total. The Hall–Kier alpha value is -1.62. The molecule has 0 bridgehead atoms. The molecule has 0 unspecified atom stereocenters. The summed E-state index contributed by atoms with van der Waals surface area (Å²) in [6, 6.07) is 5.19. The van der Waals surface area contributed by atoms with Crippen molar-refractivity contribution < 1.29 is 9.18 Å². The molecule has 0 radical (unpaired) electrons. The van der Waals surface area contributed by atoms with Crippen LogP contribution in [-0.4, -0.2) is 17.1 Å².